The molecule has 4 aliphatic carbocycles. The summed E-state index contributed by atoms with van der Waals surface area (Å²) in [5, 5.41) is 2.81. The highest BCUT2D eigenvalue weighted by Crippen LogP contribution is 2.65. The van der Waals surface area contributed by atoms with Gasteiger partial charge in [-0.2, -0.15) is 0 Å². The normalized spacial score (nSPS) is 29.7. The maximum Gasteiger partial charge on any atom is 0.244 e. The molecule has 0 unspecified atom stereocenters. The molecule has 6 heteroatoms. The quantitative estimate of drug-likeness (QED) is 0.435. The Bertz CT molecular complexity index is 1210. The maximum atomic E-state index is 13.1. The minimum atomic E-state index is -0.372. The minimum Gasteiger partial charge on any atom is -0.457 e. The Morgan fingerprint density at radius 3 is 1.97 bits per heavy atom. The molecule has 1 heterocycles. The van der Waals surface area contributed by atoms with Gasteiger partial charge in [-0.15, -0.1) is 0 Å². The number of benzene rings is 2. The second-order valence-corrected chi connectivity index (χ2v) is 11.4. The van der Waals surface area contributed by atoms with Crippen LogP contribution in [0.2, 0.25) is 0 Å². The van der Waals surface area contributed by atoms with Gasteiger partial charge in [-0.1, -0.05) is 45.1 Å². The monoisotopic (exact) mass is 484 g/mol. The number of imide groups is 1. The highest BCUT2D eigenvalue weighted by molar-refractivity contribution is 6.09. The van der Waals surface area contributed by atoms with Crippen molar-refractivity contribution in [3.63, 3.8) is 0 Å². The Hall–Kier alpha value is -3.41. The lowest BCUT2D eigenvalue weighted by atomic mass is 9.63. The molecule has 2 bridgehead atoms. The zero-order valence-corrected chi connectivity index (χ0v) is 20.9. The summed E-state index contributed by atoms with van der Waals surface area (Å²) in [6, 6.07) is 15.2. The fourth-order valence-electron chi connectivity index (χ4n) is 6.44. The highest BCUT2D eigenvalue weighted by atomic mass is 16.5. The number of ether oxygens (including phenoxy) is 1. The molecule has 0 spiro atoms. The number of rotatable bonds is 7. The molecular weight excluding hydrogens is 452 g/mol. The van der Waals surface area contributed by atoms with Gasteiger partial charge in [0.05, 0.1) is 11.8 Å². The number of carbonyl (C=O) groups excluding carboxylic acids is 3. The number of hydrogen-bond acceptors (Lipinski definition) is 4. The SMILES string of the molecule is CCC(C)(C)c1ccc(Oc2ccc(NC(=O)CN3C(=O)[C@@H]4[C@@H]5C=C[C@H]([C@H]6C[C@H]56)[C@@H]4C3=O)cc2)cc1. The third-order valence-electron chi connectivity index (χ3n) is 8.95. The van der Waals surface area contributed by atoms with E-state index in [0.29, 0.717) is 23.3 Å². The first-order valence-electron chi connectivity index (χ1n) is 13.0. The van der Waals surface area contributed by atoms with Gasteiger partial charge in [-0.05, 0) is 83.9 Å². The van der Waals surface area contributed by atoms with Gasteiger partial charge in [-0.3, -0.25) is 19.3 Å². The Morgan fingerprint density at radius 2 is 1.44 bits per heavy atom. The lowest BCUT2D eigenvalue weighted by Gasteiger charge is -2.37. The van der Waals surface area contributed by atoms with Crippen molar-refractivity contribution in [2.24, 2.45) is 35.5 Å². The summed E-state index contributed by atoms with van der Waals surface area (Å²) in [6.07, 6.45) is 6.46. The molecule has 2 aromatic rings. The number of nitrogens with one attached hydrogen (secondary N) is 1. The number of hydrogen-bond donors (Lipinski definition) is 1. The molecule has 2 aromatic carbocycles. The third kappa shape index (κ3) is 3.74. The van der Waals surface area contributed by atoms with Gasteiger partial charge in [0.15, 0.2) is 0 Å². The van der Waals surface area contributed by atoms with Gasteiger partial charge < -0.3 is 10.1 Å². The zero-order chi connectivity index (χ0) is 25.2. The highest BCUT2D eigenvalue weighted by Gasteiger charge is 2.67. The largest absolute Gasteiger partial charge is 0.457 e. The number of likely N-dealkylation sites (tertiary alicyclic amines) is 1. The molecule has 6 atom stereocenters. The lowest BCUT2D eigenvalue weighted by molar-refractivity contribution is -0.142. The summed E-state index contributed by atoms with van der Waals surface area (Å²) in [5.74, 6) is 1.55. The van der Waals surface area contributed by atoms with Crippen molar-refractivity contribution in [3.05, 3.63) is 66.2 Å². The average molecular weight is 485 g/mol. The van der Waals surface area contributed by atoms with Crippen molar-refractivity contribution >= 4 is 23.4 Å². The molecule has 1 N–H and O–H groups in total. The van der Waals surface area contributed by atoms with Crippen LogP contribution >= 0.6 is 0 Å². The van der Waals surface area contributed by atoms with Crippen molar-refractivity contribution in [2.75, 3.05) is 11.9 Å². The Kier molecular flexibility index (Phi) is 5.32. The first-order valence-corrected chi connectivity index (χ1v) is 13.0. The number of allylic oxidation sites excluding steroid dienone is 2. The second-order valence-electron chi connectivity index (χ2n) is 11.4. The Morgan fingerprint density at radius 1 is 0.917 bits per heavy atom. The standard InChI is InChI=1S/C30H32N2O4/c1-4-30(2,3)17-5-9-19(10-6-17)36-20-11-7-18(8-12-20)31-25(33)16-32-28(34)26-21-13-14-22(24-15-23(21)24)27(26)29(32)35/h5-14,21-24,26-27H,4,15-16H2,1-3H3,(H,31,33)/t21-,22-,23-,24-,26-,27+/m1/s1. The number of amides is 3. The van der Waals surface area contributed by atoms with Crippen molar-refractivity contribution < 1.29 is 19.1 Å². The number of nitrogens with zero attached hydrogens (tertiary/aromatic N) is 1. The third-order valence-corrected chi connectivity index (χ3v) is 8.95. The molecule has 2 saturated carbocycles. The van der Waals surface area contributed by atoms with E-state index in [0.717, 1.165) is 18.6 Å². The van der Waals surface area contributed by atoms with E-state index in [1.165, 1.54) is 10.5 Å². The van der Waals surface area contributed by atoms with Crippen LogP contribution in [0.25, 0.3) is 0 Å². The molecule has 3 amide bonds. The summed E-state index contributed by atoms with van der Waals surface area (Å²) < 4.78 is 5.95. The molecule has 0 aromatic heterocycles. The Labute approximate surface area is 211 Å². The second kappa shape index (κ2) is 8.32. The predicted molar refractivity (Wildman–Crippen MR) is 136 cm³/mol. The molecule has 6 nitrogen and oxygen atoms in total. The van der Waals surface area contributed by atoms with Gasteiger partial charge in [0.1, 0.15) is 18.0 Å². The van der Waals surface area contributed by atoms with Crippen molar-refractivity contribution in [2.45, 2.75) is 39.0 Å². The van der Waals surface area contributed by atoms with Crippen LogP contribution in [-0.4, -0.2) is 29.2 Å². The van der Waals surface area contributed by atoms with E-state index in [4.69, 9.17) is 4.74 Å². The van der Waals surface area contributed by atoms with E-state index in [1.54, 1.807) is 24.3 Å². The van der Waals surface area contributed by atoms with E-state index in [9.17, 15) is 14.4 Å². The molecular formula is C30H32N2O4. The van der Waals surface area contributed by atoms with Gasteiger partial charge in [0, 0.05) is 5.69 Å². The van der Waals surface area contributed by atoms with Crippen LogP contribution in [0.4, 0.5) is 5.69 Å². The summed E-state index contributed by atoms with van der Waals surface area (Å²) >= 11 is 0. The first-order chi connectivity index (χ1) is 17.3. The number of carbonyl (C=O) groups is 3. The first kappa shape index (κ1) is 23.0. The van der Waals surface area contributed by atoms with Crippen LogP contribution in [0.5, 0.6) is 11.5 Å². The maximum absolute atomic E-state index is 13.1. The smallest absolute Gasteiger partial charge is 0.244 e. The fourth-order valence-corrected chi connectivity index (χ4v) is 6.44. The molecule has 3 fully saturated rings. The summed E-state index contributed by atoms with van der Waals surface area (Å²) in [6.45, 7) is 6.39. The van der Waals surface area contributed by atoms with E-state index in [2.05, 4.69) is 50.4 Å². The van der Waals surface area contributed by atoms with Crippen LogP contribution < -0.4 is 10.1 Å². The lowest BCUT2D eigenvalue weighted by Crippen LogP contribution is -2.40. The fraction of sp³-hybridized carbons (Fsp3) is 0.433. The van der Waals surface area contributed by atoms with E-state index >= 15 is 0 Å². The van der Waals surface area contributed by atoms with Gasteiger partial charge >= 0.3 is 0 Å². The molecule has 36 heavy (non-hydrogen) atoms. The summed E-state index contributed by atoms with van der Waals surface area (Å²) in [5.41, 5.74) is 1.98. The van der Waals surface area contributed by atoms with E-state index in [1.807, 2.05) is 12.1 Å². The summed E-state index contributed by atoms with van der Waals surface area (Å²) in [7, 11) is 0. The molecule has 186 valence electrons. The molecule has 7 rings (SSSR count). The Balaban J connectivity index is 1.06. The van der Waals surface area contributed by atoms with Crippen LogP contribution in [0.1, 0.15) is 39.2 Å². The molecule has 1 aliphatic heterocycles. The number of anilines is 1. The van der Waals surface area contributed by atoms with Crippen LogP contribution in [0.3, 0.4) is 0 Å². The van der Waals surface area contributed by atoms with Crippen molar-refractivity contribution in [1.82, 2.24) is 4.90 Å². The van der Waals surface area contributed by atoms with Crippen molar-refractivity contribution in [3.8, 4) is 11.5 Å². The van der Waals surface area contributed by atoms with Gasteiger partial charge in [0.25, 0.3) is 0 Å². The van der Waals surface area contributed by atoms with E-state index < -0.39 is 0 Å². The van der Waals surface area contributed by atoms with Crippen LogP contribution in [0.15, 0.2) is 60.7 Å². The average Bonchev–Trinajstić information content (AvgIpc) is 3.66. The zero-order valence-electron chi connectivity index (χ0n) is 20.9. The van der Waals surface area contributed by atoms with Crippen LogP contribution in [-0.2, 0) is 19.8 Å². The molecule has 5 aliphatic rings. The molecule has 1 saturated heterocycles. The van der Waals surface area contributed by atoms with Crippen molar-refractivity contribution in [1.29, 1.82) is 0 Å². The van der Waals surface area contributed by atoms with E-state index in [-0.39, 0.29) is 53.4 Å². The van der Waals surface area contributed by atoms with Gasteiger partial charge in [0.2, 0.25) is 17.7 Å². The topological polar surface area (TPSA) is 75.7 Å². The van der Waals surface area contributed by atoms with Crippen LogP contribution in [0, 0.1) is 35.5 Å². The minimum absolute atomic E-state index is 0.123. The molecule has 0 radical (unpaired) electrons. The van der Waals surface area contributed by atoms with Gasteiger partial charge in [-0.25, -0.2) is 0 Å². The predicted octanol–water partition coefficient (Wildman–Crippen LogP) is 5.16. The summed E-state index contributed by atoms with van der Waals surface area (Å²) in [4.78, 5) is 40.1.